The second-order valence-corrected chi connectivity index (χ2v) is 6.87. The van der Waals surface area contributed by atoms with E-state index < -0.39 is 6.61 Å². The molecule has 0 aromatic heterocycles. The van der Waals surface area contributed by atoms with Gasteiger partial charge >= 0.3 is 6.61 Å². The number of halogens is 2. The zero-order valence-corrected chi connectivity index (χ0v) is 18.6. The summed E-state index contributed by atoms with van der Waals surface area (Å²) in [7, 11) is 1.79. The Bertz CT molecular complexity index is 834. The van der Waals surface area contributed by atoms with Crippen molar-refractivity contribution in [3.63, 3.8) is 0 Å². The molecule has 0 spiro atoms. The van der Waals surface area contributed by atoms with Crippen LogP contribution < -0.4 is 24.3 Å². The number of amides is 1. The number of alkyl halides is 2. The highest BCUT2D eigenvalue weighted by molar-refractivity contribution is 5.77. The number of hydrogen-bond acceptors (Lipinski definition) is 6. The fourth-order valence-corrected chi connectivity index (χ4v) is 2.94. The molecule has 0 heterocycles. The summed E-state index contributed by atoms with van der Waals surface area (Å²) in [4.78, 5) is 14.0. The first-order valence-electron chi connectivity index (χ1n) is 10.4. The minimum absolute atomic E-state index is 0.0153. The van der Waals surface area contributed by atoms with Crippen molar-refractivity contribution in [2.24, 2.45) is 0 Å². The third-order valence-electron chi connectivity index (χ3n) is 4.22. The zero-order chi connectivity index (χ0) is 23.3. The Kier molecular flexibility index (Phi) is 10.5. The van der Waals surface area contributed by atoms with Gasteiger partial charge in [0.1, 0.15) is 18.1 Å². The van der Waals surface area contributed by atoms with E-state index in [1.807, 2.05) is 31.2 Å². The van der Waals surface area contributed by atoms with Gasteiger partial charge in [0.25, 0.3) is 0 Å². The van der Waals surface area contributed by atoms with Crippen molar-refractivity contribution in [1.82, 2.24) is 10.2 Å². The lowest BCUT2D eigenvalue weighted by Gasteiger charge is -2.18. The van der Waals surface area contributed by atoms with Crippen molar-refractivity contribution < 1.29 is 32.5 Å². The van der Waals surface area contributed by atoms with E-state index in [0.29, 0.717) is 38.7 Å². The van der Waals surface area contributed by atoms with Crippen LogP contribution in [0.1, 0.15) is 19.4 Å². The molecule has 9 heteroatoms. The second-order valence-electron chi connectivity index (χ2n) is 6.87. The summed E-state index contributed by atoms with van der Waals surface area (Å²) >= 11 is 0. The SMILES string of the molecule is CCOc1ccc(OCCNC(=O)CN(C)Cc2ccc(OC(F)F)c(OCC)c2)cc1. The first-order chi connectivity index (χ1) is 15.4. The van der Waals surface area contributed by atoms with Crippen LogP contribution in [0.3, 0.4) is 0 Å². The van der Waals surface area contributed by atoms with Gasteiger partial charge in [-0.25, -0.2) is 0 Å². The van der Waals surface area contributed by atoms with Crippen LogP contribution in [0.25, 0.3) is 0 Å². The molecule has 2 aromatic carbocycles. The summed E-state index contributed by atoms with van der Waals surface area (Å²) in [5, 5.41) is 2.81. The van der Waals surface area contributed by atoms with E-state index in [1.54, 1.807) is 31.0 Å². The Hall–Kier alpha value is -3.07. The zero-order valence-electron chi connectivity index (χ0n) is 18.6. The quantitative estimate of drug-likeness (QED) is 0.441. The van der Waals surface area contributed by atoms with Gasteiger partial charge in [-0.1, -0.05) is 6.07 Å². The van der Waals surface area contributed by atoms with Crippen LogP contribution in [0.5, 0.6) is 23.0 Å². The van der Waals surface area contributed by atoms with Crippen LogP contribution >= 0.6 is 0 Å². The maximum atomic E-state index is 12.5. The number of likely N-dealkylation sites (N-methyl/N-ethyl adjacent to an activating group) is 1. The lowest BCUT2D eigenvalue weighted by molar-refractivity contribution is -0.122. The largest absolute Gasteiger partial charge is 0.494 e. The van der Waals surface area contributed by atoms with E-state index in [9.17, 15) is 13.6 Å². The summed E-state index contributed by atoms with van der Waals surface area (Å²) < 4.78 is 45.9. The molecule has 0 atom stereocenters. The number of nitrogens with one attached hydrogen (secondary N) is 1. The Labute approximate surface area is 187 Å². The molecule has 0 aliphatic heterocycles. The predicted molar refractivity (Wildman–Crippen MR) is 117 cm³/mol. The standard InChI is InChI=1S/C23H30F2N2O5/c1-4-29-18-7-9-19(10-8-18)31-13-12-26-22(28)16-27(3)15-17-6-11-20(32-23(24)25)21(14-17)30-5-2/h6-11,14,23H,4-5,12-13,15-16H2,1-3H3,(H,26,28). The van der Waals surface area contributed by atoms with Crippen molar-refractivity contribution in [2.45, 2.75) is 27.0 Å². The average molecular weight is 452 g/mol. The molecule has 0 saturated heterocycles. The van der Waals surface area contributed by atoms with E-state index in [1.165, 1.54) is 6.07 Å². The molecule has 32 heavy (non-hydrogen) atoms. The number of benzene rings is 2. The van der Waals surface area contributed by atoms with Crippen LogP contribution in [0, 0.1) is 0 Å². The van der Waals surface area contributed by atoms with Gasteiger partial charge in [0.2, 0.25) is 5.91 Å². The fourth-order valence-electron chi connectivity index (χ4n) is 2.94. The first-order valence-corrected chi connectivity index (χ1v) is 10.4. The molecule has 2 aromatic rings. The predicted octanol–water partition coefficient (Wildman–Crippen LogP) is 3.71. The normalized spacial score (nSPS) is 10.8. The Morgan fingerprint density at radius 2 is 1.62 bits per heavy atom. The fraction of sp³-hybridized carbons (Fsp3) is 0.435. The van der Waals surface area contributed by atoms with Gasteiger partial charge in [0.05, 0.1) is 26.3 Å². The molecule has 0 radical (unpaired) electrons. The minimum atomic E-state index is -2.93. The third kappa shape index (κ3) is 8.97. The summed E-state index contributed by atoms with van der Waals surface area (Å²) in [5.41, 5.74) is 0.809. The number of hydrogen-bond donors (Lipinski definition) is 1. The molecular formula is C23H30F2N2O5. The maximum Gasteiger partial charge on any atom is 0.387 e. The Balaban J connectivity index is 1.74. The van der Waals surface area contributed by atoms with Gasteiger partial charge in [-0.05, 0) is 62.9 Å². The lowest BCUT2D eigenvalue weighted by atomic mass is 10.2. The van der Waals surface area contributed by atoms with E-state index in [2.05, 4.69) is 10.1 Å². The van der Waals surface area contributed by atoms with Crippen LogP contribution in [0.4, 0.5) is 8.78 Å². The molecule has 1 N–H and O–H groups in total. The van der Waals surface area contributed by atoms with Crippen molar-refractivity contribution in [3.8, 4) is 23.0 Å². The number of carbonyl (C=O) groups excluding carboxylic acids is 1. The topological polar surface area (TPSA) is 69.3 Å². The van der Waals surface area contributed by atoms with Crippen LogP contribution in [-0.2, 0) is 11.3 Å². The molecule has 0 unspecified atom stereocenters. The van der Waals surface area contributed by atoms with Gasteiger partial charge in [0, 0.05) is 6.54 Å². The molecule has 2 rings (SSSR count). The van der Waals surface area contributed by atoms with E-state index in [4.69, 9.17) is 14.2 Å². The van der Waals surface area contributed by atoms with Gasteiger partial charge < -0.3 is 24.3 Å². The summed E-state index contributed by atoms with van der Waals surface area (Å²) in [6.45, 7) is 2.99. The maximum absolute atomic E-state index is 12.5. The van der Waals surface area contributed by atoms with E-state index >= 15 is 0 Å². The second kappa shape index (κ2) is 13.4. The lowest BCUT2D eigenvalue weighted by Crippen LogP contribution is -2.36. The smallest absolute Gasteiger partial charge is 0.387 e. The molecule has 0 saturated carbocycles. The molecule has 0 aliphatic rings. The molecule has 0 fully saturated rings. The molecule has 0 bridgehead atoms. The van der Waals surface area contributed by atoms with Crippen molar-refractivity contribution in [2.75, 3.05) is 40.0 Å². The third-order valence-corrected chi connectivity index (χ3v) is 4.22. The summed E-state index contributed by atoms with van der Waals surface area (Å²) in [6.07, 6.45) is 0. The minimum Gasteiger partial charge on any atom is -0.494 e. The Morgan fingerprint density at radius 1 is 0.969 bits per heavy atom. The van der Waals surface area contributed by atoms with Crippen LogP contribution in [-0.4, -0.2) is 57.4 Å². The highest BCUT2D eigenvalue weighted by Crippen LogP contribution is 2.30. The van der Waals surface area contributed by atoms with Gasteiger partial charge in [0.15, 0.2) is 11.5 Å². The van der Waals surface area contributed by atoms with Crippen LogP contribution in [0.15, 0.2) is 42.5 Å². The molecule has 176 valence electrons. The number of nitrogens with zero attached hydrogens (tertiary/aromatic N) is 1. The summed E-state index contributed by atoms with van der Waals surface area (Å²) in [6, 6.07) is 12.0. The number of rotatable bonds is 14. The highest BCUT2D eigenvalue weighted by atomic mass is 19.3. The van der Waals surface area contributed by atoms with Gasteiger partial charge in [-0.15, -0.1) is 0 Å². The van der Waals surface area contributed by atoms with Gasteiger partial charge in [-0.2, -0.15) is 8.78 Å². The number of ether oxygens (including phenoxy) is 4. The van der Waals surface area contributed by atoms with Crippen molar-refractivity contribution in [3.05, 3.63) is 48.0 Å². The molecule has 7 nitrogen and oxygen atoms in total. The van der Waals surface area contributed by atoms with Crippen LogP contribution in [0.2, 0.25) is 0 Å². The molecule has 0 aliphatic carbocycles. The molecule has 1 amide bonds. The monoisotopic (exact) mass is 452 g/mol. The highest BCUT2D eigenvalue weighted by Gasteiger charge is 2.13. The first kappa shape index (κ1) is 25.2. The average Bonchev–Trinajstić information content (AvgIpc) is 2.74. The van der Waals surface area contributed by atoms with Crippen molar-refractivity contribution >= 4 is 5.91 Å². The van der Waals surface area contributed by atoms with E-state index in [0.717, 1.165) is 11.3 Å². The van der Waals surface area contributed by atoms with Crippen molar-refractivity contribution in [1.29, 1.82) is 0 Å². The number of carbonyl (C=O) groups is 1. The molecular weight excluding hydrogens is 422 g/mol. The Morgan fingerprint density at radius 3 is 2.25 bits per heavy atom. The van der Waals surface area contributed by atoms with Gasteiger partial charge in [-0.3, -0.25) is 9.69 Å². The van der Waals surface area contributed by atoms with E-state index in [-0.39, 0.29) is 24.0 Å². The summed E-state index contributed by atoms with van der Waals surface area (Å²) in [5.74, 6) is 1.56.